The lowest BCUT2D eigenvalue weighted by Gasteiger charge is -2.05. The van der Waals surface area contributed by atoms with Crippen molar-refractivity contribution >= 4 is 27.8 Å². The van der Waals surface area contributed by atoms with E-state index in [-0.39, 0.29) is 4.90 Å². The van der Waals surface area contributed by atoms with Gasteiger partial charge in [0, 0.05) is 10.6 Å². The highest BCUT2D eigenvalue weighted by molar-refractivity contribution is 7.89. The van der Waals surface area contributed by atoms with Gasteiger partial charge in [0.2, 0.25) is 0 Å². The van der Waals surface area contributed by atoms with Crippen LogP contribution < -0.4 is 4.83 Å². The summed E-state index contributed by atoms with van der Waals surface area (Å²) in [5.74, 6) is 0. The Bertz CT molecular complexity index is 749. The van der Waals surface area contributed by atoms with E-state index in [1.54, 1.807) is 18.2 Å². The lowest BCUT2D eigenvalue weighted by molar-refractivity contribution is 0.584. The van der Waals surface area contributed by atoms with Crippen LogP contribution in [0.4, 0.5) is 0 Å². The molecular weight excluding hydrogens is 308 g/mol. The zero-order chi connectivity index (χ0) is 15.5. The third-order valence-corrected chi connectivity index (χ3v) is 4.54. The fraction of sp³-hybridized carbons (Fsp3) is 0.133. The zero-order valence-corrected chi connectivity index (χ0v) is 13.2. The summed E-state index contributed by atoms with van der Waals surface area (Å²) in [6.45, 7) is 3.77. The molecule has 0 fully saturated rings. The smallest absolute Gasteiger partial charge is 0.200 e. The van der Waals surface area contributed by atoms with Gasteiger partial charge in [0.25, 0.3) is 10.0 Å². The molecule has 0 bridgehead atoms. The van der Waals surface area contributed by atoms with E-state index in [4.69, 9.17) is 11.6 Å². The minimum atomic E-state index is -3.66. The van der Waals surface area contributed by atoms with Crippen molar-refractivity contribution in [3.8, 4) is 0 Å². The number of rotatable bonds is 4. The minimum absolute atomic E-state index is 0.168. The van der Waals surface area contributed by atoms with Gasteiger partial charge in [-0.2, -0.15) is 13.5 Å². The molecule has 0 unspecified atom stereocenters. The van der Waals surface area contributed by atoms with Crippen molar-refractivity contribution in [1.29, 1.82) is 0 Å². The lowest BCUT2D eigenvalue weighted by Crippen LogP contribution is -2.18. The summed E-state index contributed by atoms with van der Waals surface area (Å²) in [5.41, 5.74) is 2.59. The van der Waals surface area contributed by atoms with Gasteiger partial charge in [-0.25, -0.2) is 4.83 Å². The molecule has 2 aromatic carbocycles. The van der Waals surface area contributed by atoms with Crippen LogP contribution >= 0.6 is 11.6 Å². The Kier molecular flexibility index (Phi) is 4.65. The van der Waals surface area contributed by atoms with Crippen molar-refractivity contribution in [3.05, 3.63) is 64.2 Å². The Balaban J connectivity index is 2.19. The topological polar surface area (TPSA) is 58.5 Å². The fourth-order valence-electron chi connectivity index (χ4n) is 1.74. The maximum atomic E-state index is 12.0. The molecule has 0 aliphatic heterocycles. The molecule has 110 valence electrons. The SMILES string of the molecule is Cc1ccc(S(=O)(=O)NN=Cc2c(C)cccc2Cl)cc1. The first-order chi connectivity index (χ1) is 9.90. The van der Waals surface area contributed by atoms with Crippen molar-refractivity contribution in [2.24, 2.45) is 5.10 Å². The van der Waals surface area contributed by atoms with Crippen molar-refractivity contribution in [3.63, 3.8) is 0 Å². The summed E-state index contributed by atoms with van der Waals surface area (Å²) >= 11 is 6.05. The molecule has 21 heavy (non-hydrogen) atoms. The summed E-state index contributed by atoms with van der Waals surface area (Å²) in [5, 5.41) is 4.31. The third kappa shape index (κ3) is 3.83. The molecule has 0 aromatic heterocycles. The van der Waals surface area contributed by atoms with E-state index in [2.05, 4.69) is 9.93 Å². The number of nitrogens with one attached hydrogen (secondary N) is 1. The molecule has 0 amide bonds. The predicted molar refractivity (Wildman–Crippen MR) is 85.3 cm³/mol. The van der Waals surface area contributed by atoms with Gasteiger partial charge >= 0.3 is 0 Å². The lowest BCUT2D eigenvalue weighted by atomic mass is 10.1. The van der Waals surface area contributed by atoms with Crippen LogP contribution in [0.25, 0.3) is 0 Å². The second-order valence-electron chi connectivity index (χ2n) is 4.64. The first-order valence-electron chi connectivity index (χ1n) is 6.27. The number of aryl methyl sites for hydroxylation is 2. The third-order valence-electron chi connectivity index (χ3n) is 2.97. The van der Waals surface area contributed by atoms with Crippen molar-refractivity contribution in [2.75, 3.05) is 0 Å². The molecule has 0 aliphatic carbocycles. The molecule has 1 N–H and O–H groups in total. The number of hydrogen-bond donors (Lipinski definition) is 1. The first-order valence-corrected chi connectivity index (χ1v) is 8.13. The van der Waals surface area contributed by atoms with Gasteiger partial charge in [-0.15, -0.1) is 0 Å². The van der Waals surface area contributed by atoms with Crippen molar-refractivity contribution in [2.45, 2.75) is 18.7 Å². The van der Waals surface area contributed by atoms with E-state index in [9.17, 15) is 8.42 Å². The average molecular weight is 323 g/mol. The zero-order valence-electron chi connectivity index (χ0n) is 11.7. The van der Waals surface area contributed by atoms with Gasteiger partial charge in [0.05, 0.1) is 11.1 Å². The second kappa shape index (κ2) is 6.28. The summed E-state index contributed by atoms with van der Waals surface area (Å²) in [7, 11) is -3.66. The van der Waals surface area contributed by atoms with Crippen LogP contribution in [-0.4, -0.2) is 14.6 Å². The highest BCUT2D eigenvalue weighted by atomic mass is 35.5. The molecule has 0 radical (unpaired) electrons. The molecule has 6 heteroatoms. The van der Waals surface area contributed by atoms with Crippen LogP contribution in [0.5, 0.6) is 0 Å². The Morgan fingerprint density at radius 2 is 1.76 bits per heavy atom. The highest BCUT2D eigenvalue weighted by Gasteiger charge is 2.11. The molecule has 0 saturated carbocycles. The monoisotopic (exact) mass is 322 g/mol. The van der Waals surface area contributed by atoms with Crippen molar-refractivity contribution in [1.82, 2.24) is 4.83 Å². The predicted octanol–water partition coefficient (Wildman–Crippen LogP) is 3.27. The molecule has 0 spiro atoms. The van der Waals surface area contributed by atoms with Gasteiger partial charge in [-0.3, -0.25) is 0 Å². The normalized spacial score (nSPS) is 11.8. The van der Waals surface area contributed by atoms with Gasteiger partial charge in [0.15, 0.2) is 0 Å². The summed E-state index contributed by atoms with van der Waals surface area (Å²) in [6.07, 6.45) is 1.41. The summed E-state index contributed by atoms with van der Waals surface area (Å²) in [4.78, 5) is 2.35. The standard InChI is InChI=1S/C15H15ClN2O2S/c1-11-6-8-13(9-7-11)21(19,20)18-17-10-14-12(2)4-3-5-15(14)16/h3-10,18H,1-2H3. The summed E-state index contributed by atoms with van der Waals surface area (Å²) in [6, 6.07) is 12.0. The van der Waals surface area contributed by atoms with Gasteiger partial charge in [0.1, 0.15) is 0 Å². The molecule has 2 aromatic rings. The van der Waals surface area contributed by atoms with E-state index in [1.165, 1.54) is 18.3 Å². The quantitative estimate of drug-likeness (QED) is 0.693. The van der Waals surface area contributed by atoms with Gasteiger partial charge < -0.3 is 0 Å². The maximum Gasteiger partial charge on any atom is 0.276 e. The number of halogens is 1. The molecule has 0 atom stereocenters. The Morgan fingerprint density at radius 1 is 1.10 bits per heavy atom. The number of nitrogens with zero attached hydrogens (tertiary/aromatic N) is 1. The van der Waals surface area contributed by atoms with E-state index < -0.39 is 10.0 Å². The van der Waals surface area contributed by atoms with Crippen LogP contribution in [0, 0.1) is 13.8 Å². The summed E-state index contributed by atoms with van der Waals surface area (Å²) < 4.78 is 24.1. The number of hydrazone groups is 1. The molecule has 4 nitrogen and oxygen atoms in total. The molecule has 0 aliphatic rings. The Labute approximate surface area is 129 Å². The van der Waals surface area contributed by atoms with Gasteiger partial charge in [-0.05, 0) is 37.6 Å². The first kappa shape index (κ1) is 15.5. The van der Waals surface area contributed by atoms with Crippen LogP contribution in [0.3, 0.4) is 0 Å². The van der Waals surface area contributed by atoms with E-state index in [0.29, 0.717) is 10.6 Å². The van der Waals surface area contributed by atoms with Crippen LogP contribution in [0.1, 0.15) is 16.7 Å². The average Bonchev–Trinajstić information content (AvgIpc) is 2.42. The highest BCUT2D eigenvalue weighted by Crippen LogP contribution is 2.17. The molecule has 2 rings (SSSR count). The molecule has 0 saturated heterocycles. The molecular formula is C15H15ClN2O2S. The van der Waals surface area contributed by atoms with E-state index in [1.807, 2.05) is 26.0 Å². The number of hydrogen-bond acceptors (Lipinski definition) is 3. The minimum Gasteiger partial charge on any atom is -0.200 e. The van der Waals surface area contributed by atoms with Crippen LogP contribution in [0.2, 0.25) is 5.02 Å². The van der Waals surface area contributed by atoms with Gasteiger partial charge in [-0.1, -0.05) is 41.4 Å². The van der Waals surface area contributed by atoms with Crippen molar-refractivity contribution < 1.29 is 8.42 Å². The van der Waals surface area contributed by atoms with E-state index in [0.717, 1.165) is 11.1 Å². The maximum absolute atomic E-state index is 12.0. The van der Waals surface area contributed by atoms with E-state index >= 15 is 0 Å². The van der Waals surface area contributed by atoms with Crippen LogP contribution in [-0.2, 0) is 10.0 Å². The second-order valence-corrected chi connectivity index (χ2v) is 6.70. The Hall–Kier alpha value is -1.85. The van der Waals surface area contributed by atoms with Crippen LogP contribution in [0.15, 0.2) is 52.5 Å². The number of sulfonamides is 1. The fourth-order valence-corrected chi connectivity index (χ4v) is 2.80. The number of benzene rings is 2. The Morgan fingerprint density at radius 3 is 2.38 bits per heavy atom. The largest absolute Gasteiger partial charge is 0.276 e. The molecule has 0 heterocycles.